The Balaban J connectivity index is 0.00000225. The van der Waals surface area contributed by atoms with Gasteiger partial charge in [0, 0.05) is 4.75 Å². The first-order valence-electron chi connectivity index (χ1n) is 7.49. The molecule has 9 heteroatoms. The monoisotopic (exact) mass is 372 g/mol. The minimum Gasteiger partial charge on any atom is -0.548 e. The molecular weight excluding hydrogens is 355 g/mol. The number of fused-ring (bicyclic) bond motifs is 1. The van der Waals surface area contributed by atoms with Gasteiger partial charge >= 0.3 is 29.6 Å². The maximum atomic E-state index is 12.2. The third kappa shape index (κ3) is 3.81. The van der Waals surface area contributed by atoms with Crippen LogP contribution in [0.4, 0.5) is 0 Å². The molecule has 2 saturated heterocycles. The van der Waals surface area contributed by atoms with Gasteiger partial charge in [0.1, 0.15) is 17.2 Å². The third-order valence-electron chi connectivity index (χ3n) is 4.09. The minimum atomic E-state index is -1.28. The molecular formula is C16H17N2NaO5S. The van der Waals surface area contributed by atoms with Crippen LogP contribution in [0.2, 0.25) is 0 Å². The molecule has 0 aliphatic carbocycles. The molecule has 0 aromatic heterocycles. The van der Waals surface area contributed by atoms with Crippen molar-refractivity contribution >= 4 is 29.5 Å². The Labute approximate surface area is 171 Å². The number of benzene rings is 1. The fraction of sp³-hybridized carbons (Fsp3) is 0.438. The Bertz CT molecular complexity index is 684. The van der Waals surface area contributed by atoms with Crippen LogP contribution in [0.3, 0.4) is 0 Å². The summed E-state index contributed by atoms with van der Waals surface area (Å²) in [6.07, 6.45) is 0. The predicted molar refractivity (Wildman–Crippen MR) is 85.0 cm³/mol. The van der Waals surface area contributed by atoms with Gasteiger partial charge in [-0.3, -0.25) is 9.59 Å². The summed E-state index contributed by atoms with van der Waals surface area (Å²) in [6.45, 7) is 3.29. The Kier molecular flexibility index (Phi) is 6.09. The van der Waals surface area contributed by atoms with Crippen LogP contribution in [0, 0.1) is 0 Å². The molecule has 0 spiro atoms. The van der Waals surface area contributed by atoms with Gasteiger partial charge in [0.15, 0.2) is 6.61 Å². The molecule has 128 valence electrons. The zero-order chi connectivity index (χ0) is 17.5. The van der Waals surface area contributed by atoms with E-state index in [1.54, 1.807) is 38.1 Å². The Hall–Kier alpha value is -1.22. The van der Waals surface area contributed by atoms with Crippen molar-refractivity contribution in [3.05, 3.63) is 30.3 Å². The van der Waals surface area contributed by atoms with Crippen molar-refractivity contribution in [3.8, 4) is 5.75 Å². The number of hydrogen-bond acceptors (Lipinski definition) is 6. The van der Waals surface area contributed by atoms with Gasteiger partial charge in [0.05, 0.1) is 12.0 Å². The van der Waals surface area contributed by atoms with Crippen molar-refractivity contribution in [1.29, 1.82) is 0 Å². The molecule has 1 aromatic carbocycles. The summed E-state index contributed by atoms with van der Waals surface area (Å²) in [5.41, 5.74) is 0. The number of rotatable bonds is 5. The van der Waals surface area contributed by atoms with Crippen molar-refractivity contribution in [1.82, 2.24) is 10.2 Å². The van der Waals surface area contributed by atoms with Crippen LogP contribution in [0.5, 0.6) is 5.75 Å². The number of amides is 2. The maximum absolute atomic E-state index is 12.2. The molecule has 3 atom stereocenters. The summed E-state index contributed by atoms with van der Waals surface area (Å²) < 4.78 is 4.67. The summed E-state index contributed by atoms with van der Waals surface area (Å²) >= 11 is 1.35. The fourth-order valence-corrected chi connectivity index (χ4v) is 4.63. The van der Waals surface area contributed by atoms with Crippen LogP contribution in [0.25, 0.3) is 0 Å². The fourth-order valence-electron chi connectivity index (χ4n) is 3.01. The van der Waals surface area contributed by atoms with Gasteiger partial charge in [-0.05, 0) is 26.0 Å². The van der Waals surface area contributed by atoms with Crippen molar-refractivity contribution < 1.29 is 53.8 Å². The largest absolute Gasteiger partial charge is 1.00 e. The van der Waals surface area contributed by atoms with E-state index < -0.39 is 40.0 Å². The second-order valence-corrected chi connectivity index (χ2v) is 8.00. The van der Waals surface area contributed by atoms with Crippen LogP contribution in [-0.4, -0.2) is 51.5 Å². The summed E-state index contributed by atoms with van der Waals surface area (Å²) in [4.78, 5) is 36.8. The smallest absolute Gasteiger partial charge is 0.548 e. The van der Waals surface area contributed by atoms with Crippen molar-refractivity contribution in [2.24, 2.45) is 0 Å². The zero-order valence-electron chi connectivity index (χ0n) is 14.2. The quantitative estimate of drug-likeness (QED) is 0.423. The van der Waals surface area contributed by atoms with Gasteiger partial charge in [-0.25, -0.2) is 0 Å². The van der Waals surface area contributed by atoms with Crippen molar-refractivity contribution in [2.75, 3.05) is 6.61 Å². The van der Waals surface area contributed by atoms with E-state index in [0.717, 1.165) is 0 Å². The average molecular weight is 372 g/mol. The molecule has 2 aliphatic rings. The number of carboxylic acid groups (broad SMARTS) is 1. The standard InChI is InChI=1S/C16H18N2O5S.Na/c1-16(2)12(15(21)22)18-13(20)11(14(18)24-16)17-10(19)8-23-9-6-4-3-5-7-9;/h3-7,11-12,14H,8H2,1-2H3,(H,17,19)(H,21,22);/q;+1/p-1/t11-,12+,14?;/m1./s1. The van der Waals surface area contributed by atoms with Gasteiger partial charge in [-0.15, -0.1) is 11.8 Å². The number of nitrogens with one attached hydrogen (secondary N) is 1. The molecule has 1 unspecified atom stereocenters. The summed E-state index contributed by atoms with van der Waals surface area (Å²) in [7, 11) is 0. The van der Waals surface area contributed by atoms with Crippen molar-refractivity contribution in [2.45, 2.75) is 36.1 Å². The Morgan fingerprint density at radius 3 is 2.56 bits per heavy atom. The number of para-hydroxylation sites is 1. The van der Waals surface area contributed by atoms with Gasteiger partial charge in [0.2, 0.25) is 5.91 Å². The normalized spacial score (nSPS) is 26.1. The number of nitrogens with zero attached hydrogens (tertiary/aromatic N) is 1. The molecule has 2 aliphatic heterocycles. The van der Waals surface area contributed by atoms with E-state index in [1.165, 1.54) is 16.7 Å². The van der Waals surface area contributed by atoms with Crippen molar-refractivity contribution in [3.63, 3.8) is 0 Å². The van der Waals surface area contributed by atoms with Gasteiger partial charge in [0.25, 0.3) is 5.91 Å². The summed E-state index contributed by atoms with van der Waals surface area (Å²) in [5, 5.41) is 13.5. The summed E-state index contributed by atoms with van der Waals surface area (Å²) in [5.74, 6) is -1.55. The van der Waals surface area contributed by atoms with E-state index in [2.05, 4.69) is 5.32 Å². The first kappa shape index (κ1) is 20.1. The van der Waals surface area contributed by atoms with E-state index in [9.17, 15) is 19.5 Å². The molecule has 0 radical (unpaired) electrons. The molecule has 25 heavy (non-hydrogen) atoms. The number of β-lactam (4-membered cyclic amide) rings is 1. The van der Waals surface area contributed by atoms with E-state index in [1.807, 2.05) is 6.07 Å². The number of carboxylic acids is 1. The van der Waals surface area contributed by atoms with Gasteiger partial charge < -0.3 is 24.9 Å². The molecule has 0 saturated carbocycles. The molecule has 1 N–H and O–H groups in total. The maximum Gasteiger partial charge on any atom is 1.00 e. The zero-order valence-corrected chi connectivity index (χ0v) is 17.0. The van der Waals surface area contributed by atoms with Crippen LogP contribution < -0.4 is 44.7 Å². The predicted octanol–water partition coefficient (Wildman–Crippen LogP) is -3.63. The van der Waals surface area contributed by atoms with Crippen LogP contribution in [-0.2, 0) is 14.4 Å². The van der Waals surface area contributed by atoms with Crippen LogP contribution >= 0.6 is 11.8 Å². The van der Waals surface area contributed by atoms with Gasteiger partial charge in [-0.1, -0.05) is 18.2 Å². The van der Waals surface area contributed by atoms with E-state index in [4.69, 9.17) is 4.74 Å². The molecule has 2 heterocycles. The second-order valence-electron chi connectivity index (χ2n) is 6.23. The average Bonchev–Trinajstić information content (AvgIpc) is 2.80. The third-order valence-corrected chi connectivity index (χ3v) is 5.67. The first-order chi connectivity index (χ1) is 11.3. The van der Waals surface area contributed by atoms with E-state index >= 15 is 0 Å². The Morgan fingerprint density at radius 2 is 1.96 bits per heavy atom. The number of carbonyl (C=O) groups is 3. The van der Waals surface area contributed by atoms with Gasteiger partial charge in [-0.2, -0.15) is 0 Å². The first-order valence-corrected chi connectivity index (χ1v) is 8.37. The number of aliphatic carboxylic acids is 1. The number of hydrogen-bond donors (Lipinski definition) is 1. The molecule has 2 fully saturated rings. The molecule has 3 rings (SSSR count). The molecule has 1 aromatic rings. The number of thioether (sulfide) groups is 1. The topological polar surface area (TPSA) is 98.8 Å². The number of carbonyl (C=O) groups excluding carboxylic acids is 3. The molecule has 0 bridgehead atoms. The summed E-state index contributed by atoms with van der Waals surface area (Å²) in [6, 6.07) is 7.14. The van der Waals surface area contributed by atoms with E-state index in [0.29, 0.717) is 5.75 Å². The Morgan fingerprint density at radius 1 is 1.32 bits per heavy atom. The molecule has 2 amide bonds. The number of ether oxygens (including phenoxy) is 1. The molecule has 7 nitrogen and oxygen atoms in total. The second kappa shape index (κ2) is 7.57. The SMILES string of the molecule is CC1(C)SC2[C@H](NC(=O)COc3ccccc3)C(=O)N2[C@H]1C(=O)[O-].[Na+]. The van der Waals surface area contributed by atoms with Crippen LogP contribution in [0.15, 0.2) is 30.3 Å². The van der Waals surface area contributed by atoms with Crippen LogP contribution in [0.1, 0.15) is 13.8 Å². The van der Waals surface area contributed by atoms with E-state index in [-0.39, 0.29) is 36.2 Å². The minimum absolute atomic E-state index is 0.